The lowest BCUT2D eigenvalue weighted by Crippen LogP contribution is -2.42. The molecular weight excluding hydrogens is 479 g/mol. The highest BCUT2D eigenvalue weighted by molar-refractivity contribution is 6.42. The van der Waals surface area contributed by atoms with Gasteiger partial charge in [0, 0.05) is 5.56 Å². The third-order valence-corrected chi connectivity index (χ3v) is 6.88. The fourth-order valence-corrected chi connectivity index (χ4v) is 4.59. The molecule has 2 saturated heterocycles. The van der Waals surface area contributed by atoms with Gasteiger partial charge in [0.2, 0.25) is 5.91 Å². The van der Waals surface area contributed by atoms with E-state index < -0.39 is 24.4 Å². The summed E-state index contributed by atoms with van der Waals surface area (Å²) >= 11 is 11.8. The molecule has 7 nitrogen and oxygen atoms in total. The van der Waals surface area contributed by atoms with Crippen LogP contribution in [0.3, 0.4) is 0 Å². The summed E-state index contributed by atoms with van der Waals surface area (Å²) in [5, 5.41) is 0.557. The van der Waals surface area contributed by atoms with Crippen LogP contribution in [0, 0.1) is 0 Å². The minimum atomic E-state index is -0.693. The number of ketones is 1. The van der Waals surface area contributed by atoms with Gasteiger partial charge in [-0.05, 0) is 68.4 Å². The molecule has 2 aromatic rings. The number of halogens is 2. The maximum absolute atomic E-state index is 13.0. The van der Waals surface area contributed by atoms with Crippen LogP contribution in [0.5, 0.6) is 0 Å². The van der Waals surface area contributed by atoms with Gasteiger partial charge < -0.3 is 4.74 Å². The van der Waals surface area contributed by atoms with E-state index in [0.29, 0.717) is 10.7 Å². The Hall–Kier alpha value is -2.74. The van der Waals surface area contributed by atoms with Gasteiger partial charge >= 0.3 is 5.97 Å². The Morgan fingerprint density at radius 3 is 2.18 bits per heavy atom. The number of esters is 1. The molecule has 4 rings (SSSR count). The van der Waals surface area contributed by atoms with Crippen LogP contribution in [0.25, 0.3) is 0 Å². The maximum atomic E-state index is 13.0. The molecular formula is C25H24Cl2N2O5. The van der Waals surface area contributed by atoms with Crippen molar-refractivity contribution in [1.82, 2.24) is 4.90 Å². The van der Waals surface area contributed by atoms with Gasteiger partial charge in [0.1, 0.15) is 0 Å². The van der Waals surface area contributed by atoms with Gasteiger partial charge in [-0.1, -0.05) is 36.0 Å². The van der Waals surface area contributed by atoms with Crippen LogP contribution in [-0.4, -0.2) is 54.2 Å². The molecule has 0 spiro atoms. The summed E-state index contributed by atoms with van der Waals surface area (Å²) in [5.41, 5.74) is 0.896. The molecule has 2 fully saturated rings. The number of amides is 2. The molecule has 0 radical (unpaired) electrons. The smallest absolute Gasteiger partial charge is 0.338 e. The number of benzene rings is 2. The number of nitrogens with zero attached hydrogens (tertiary/aromatic N) is 2. The van der Waals surface area contributed by atoms with Crippen LogP contribution >= 0.6 is 23.2 Å². The topological polar surface area (TPSA) is 84.0 Å². The van der Waals surface area contributed by atoms with E-state index in [2.05, 4.69) is 4.90 Å². The molecule has 1 atom stereocenters. The first-order valence-corrected chi connectivity index (χ1v) is 12.0. The van der Waals surface area contributed by atoms with Gasteiger partial charge in [-0.2, -0.15) is 0 Å². The first-order valence-electron chi connectivity index (χ1n) is 11.2. The van der Waals surface area contributed by atoms with Crippen LogP contribution in [0.4, 0.5) is 5.69 Å². The monoisotopic (exact) mass is 502 g/mol. The third-order valence-electron chi connectivity index (χ3n) is 6.14. The van der Waals surface area contributed by atoms with Crippen molar-refractivity contribution < 1.29 is 23.9 Å². The Bertz CT molecular complexity index is 1110. The lowest BCUT2D eigenvalue weighted by molar-refractivity contribution is -0.122. The highest BCUT2D eigenvalue weighted by Crippen LogP contribution is 2.28. The lowest BCUT2D eigenvalue weighted by atomic mass is 10.1. The van der Waals surface area contributed by atoms with E-state index in [9.17, 15) is 19.2 Å². The highest BCUT2D eigenvalue weighted by atomic mass is 35.5. The number of Topliss-reactive ketones (excluding diaryl/α,β-unsaturated/α-hetero) is 1. The van der Waals surface area contributed by atoms with Crippen molar-refractivity contribution in [3.63, 3.8) is 0 Å². The summed E-state index contributed by atoms with van der Waals surface area (Å²) in [4.78, 5) is 53.6. The first kappa shape index (κ1) is 24.4. The van der Waals surface area contributed by atoms with Crippen molar-refractivity contribution in [2.45, 2.75) is 38.1 Å². The number of carbonyl (C=O) groups is 4. The van der Waals surface area contributed by atoms with Crippen molar-refractivity contribution in [2.75, 3.05) is 24.6 Å². The molecule has 2 aliphatic heterocycles. The second-order valence-corrected chi connectivity index (χ2v) is 9.23. The molecule has 2 heterocycles. The minimum Gasteiger partial charge on any atom is -0.454 e. The largest absolute Gasteiger partial charge is 0.454 e. The van der Waals surface area contributed by atoms with Crippen LogP contribution in [0.15, 0.2) is 42.5 Å². The van der Waals surface area contributed by atoms with Gasteiger partial charge in [0.05, 0.1) is 33.8 Å². The molecule has 2 aromatic carbocycles. The van der Waals surface area contributed by atoms with Gasteiger partial charge in [-0.15, -0.1) is 0 Å². The predicted molar refractivity (Wildman–Crippen MR) is 128 cm³/mol. The number of likely N-dealkylation sites (tertiary alicyclic amines) is 1. The second kappa shape index (κ2) is 10.7. The predicted octanol–water partition coefficient (Wildman–Crippen LogP) is 4.54. The summed E-state index contributed by atoms with van der Waals surface area (Å²) in [6.07, 6.45) is 4.52. The third kappa shape index (κ3) is 5.32. The van der Waals surface area contributed by atoms with Crippen molar-refractivity contribution >= 4 is 52.5 Å². The second-order valence-electron chi connectivity index (χ2n) is 8.41. The maximum Gasteiger partial charge on any atom is 0.338 e. The number of anilines is 1. The Morgan fingerprint density at radius 1 is 0.882 bits per heavy atom. The van der Waals surface area contributed by atoms with Crippen molar-refractivity contribution in [3.05, 3.63) is 63.6 Å². The molecule has 0 aliphatic carbocycles. The molecule has 9 heteroatoms. The molecule has 0 aromatic heterocycles. The van der Waals surface area contributed by atoms with Crippen molar-refractivity contribution in [1.29, 1.82) is 0 Å². The van der Waals surface area contributed by atoms with E-state index >= 15 is 0 Å². The van der Waals surface area contributed by atoms with Crippen LogP contribution in [0.1, 0.15) is 52.8 Å². The van der Waals surface area contributed by atoms with E-state index in [1.54, 1.807) is 0 Å². The first-order chi connectivity index (χ1) is 16.3. The Labute approximate surface area is 207 Å². The number of hydrogen-bond acceptors (Lipinski definition) is 6. The number of rotatable bonds is 6. The minimum absolute atomic E-state index is 0.166. The van der Waals surface area contributed by atoms with E-state index in [4.69, 9.17) is 27.9 Å². The number of carbonyl (C=O) groups excluding carboxylic acids is 4. The van der Waals surface area contributed by atoms with E-state index in [1.807, 2.05) is 0 Å². The van der Waals surface area contributed by atoms with Gasteiger partial charge in [0.15, 0.2) is 12.4 Å². The SMILES string of the molecule is O=C(COC(=O)c1ccc(N2C(=O)CC(N3CCCCCC3)C2=O)cc1)c1ccc(Cl)c(Cl)c1. The Balaban J connectivity index is 1.37. The Kier molecular flexibility index (Phi) is 7.66. The average molecular weight is 503 g/mol. The zero-order valence-electron chi connectivity index (χ0n) is 18.5. The van der Waals surface area contributed by atoms with Crippen LogP contribution in [-0.2, 0) is 14.3 Å². The molecule has 0 saturated carbocycles. The van der Waals surface area contributed by atoms with Crippen LogP contribution < -0.4 is 4.90 Å². The molecule has 2 aliphatic rings. The highest BCUT2D eigenvalue weighted by Gasteiger charge is 2.42. The molecule has 0 bridgehead atoms. The van der Waals surface area contributed by atoms with Crippen molar-refractivity contribution in [2.24, 2.45) is 0 Å². The normalized spacial score (nSPS) is 19.2. The standard InChI is InChI=1S/C25H24Cl2N2O5/c26-19-10-7-17(13-20(19)27)22(30)15-34-25(33)16-5-8-18(9-6-16)29-23(31)14-21(24(29)32)28-11-3-1-2-4-12-28/h5-10,13,21H,1-4,11-12,14-15H2. The summed E-state index contributed by atoms with van der Waals surface area (Å²) < 4.78 is 5.11. The van der Waals surface area contributed by atoms with E-state index in [0.717, 1.165) is 38.8 Å². The fourth-order valence-electron chi connectivity index (χ4n) is 4.29. The number of hydrogen-bond donors (Lipinski definition) is 0. The quantitative estimate of drug-likeness (QED) is 0.327. The van der Waals surface area contributed by atoms with Gasteiger partial charge in [0.25, 0.3) is 5.91 Å². The summed E-state index contributed by atoms with van der Waals surface area (Å²) in [7, 11) is 0. The van der Waals surface area contributed by atoms with Gasteiger partial charge in [-0.25, -0.2) is 9.69 Å². The van der Waals surface area contributed by atoms with E-state index in [-0.39, 0.29) is 34.4 Å². The zero-order valence-corrected chi connectivity index (χ0v) is 20.0. The fraction of sp³-hybridized carbons (Fsp3) is 0.360. The summed E-state index contributed by atoms with van der Waals surface area (Å²) in [6.45, 7) is 1.19. The lowest BCUT2D eigenvalue weighted by Gasteiger charge is -2.25. The average Bonchev–Trinajstić information content (AvgIpc) is 2.99. The van der Waals surface area contributed by atoms with Crippen LogP contribution in [0.2, 0.25) is 10.0 Å². The number of imide groups is 1. The van der Waals surface area contributed by atoms with E-state index in [1.165, 1.54) is 47.4 Å². The van der Waals surface area contributed by atoms with Gasteiger partial charge in [-0.3, -0.25) is 19.3 Å². The molecule has 1 unspecified atom stereocenters. The molecule has 34 heavy (non-hydrogen) atoms. The molecule has 2 amide bonds. The summed E-state index contributed by atoms with van der Waals surface area (Å²) in [6, 6.07) is 10.0. The number of ether oxygens (including phenoxy) is 1. The molecule has 178 valence electrons. The summed E-state index contributed by atoms with van der Waals surface area (Å²) in [5.74, 6) is -1.59. The van der Waals surface area contributed by atoms with Crippen molar-refractivity contribution in [3.8, 4) is 0 Å². The molecule has 0 N–H and O–H groups in total. The Morgan fingerprint density at radius 2 is 1.53 bits per heavy atom. The zero-order chi connectivity index (χ0) is 24.2.